The van der Waals surface area contributed by atoms with Gasteiger partial charge < -0.3 is 10.4 Å². The van der Waals surface area contributed by atoms with Gasteiger partial charge in [-0.15, -0.1) is 0 Å². The van der Waals surface area contributed by atoms with E-state index in [0.29, 0.717) is 12.5 Å². The van der Waals surface area contributed by atoms with E-state index in [1.807, 2.05) is 18.7 Å². The van der Waals surface area contributed by atoms with Crippen molar-refractivity contribution in [1.29, 1.82) is 0 Å². The van der Waals surface area contributed by atoms with Crippen LogP contribution in [0.2, 0.25) is 0 Å². The second-order valence-corrected chi connectivity index (χ2v) is 5.58. The Hall–Kier alpha value is -1.14. The number of amides is 3. The molecule has 0 saturated carbocycles. The molecule has 1 fully saturated rings. The number of nitrogens with zero attached hydrogens (tertiary/aromatic N) is 1. The average Bonchev–Trinajstić information content (AvgIpc) is 2.36. The largest absolute Gasteiger partial charge is 0.396 e. The van der Waals surface area contributed by atoms with Gasteiger partial charge in [-0.1, -0.05) is 13.8 Å². The SMILES string of the molecule is CC(C)CNC(=O)NC(=O)CN1CCCC(CO)C1. The predicted molar refractivity (Wildman–Crippen MR) is 72.6 cm³/mol. The van der Waals surface area contributed by atoms with Crippen molar-refractivity contribution in [1.82, 2.24) is 15.5 Å². The van der Waals surface area contributed by atoms with E-state index in [2.05, 4.69) is 10.6 Å². The van der Waals surface area contributed by atoms with Crippen LogP contribution in [-0.4, -0.2) is 54.7 Å². The lowest BCUT2D eigenvalue weighted by molar-refractivity contribution is -0.121. The first-order valence-electron chi connectivity index (χ1n) is 6.92. The number of urea groups is 1. The van der Waals surface area contributed by atoms with Gasteiger partial charge in [0.1, 0.15) is 0 Å². The van der Waals surface area contributed by atoms with E-state index < -0.39 is 6.03 Å². The molecule has 1 aliphatic rings. The number of rotatable bonds is 5. The molecule has 1 rings (SSSR count). The number of nitrogens with one attached hydrogen (secondary N) is 2. The molecule has 1 unspecified atom stereocenters. The standard InChI is InChI=1S/C13H25N3O3/c1-10(2)6-14-13(19)15-12(18)8-16-5-3-4-11(7-16)9-17/h10-11,17H,3-9H2,1-2H3,(H2,14,15,18,19). The minimum atomic E-state index is -0.436. The quantitative estimate of drug-likeness (QED) is 0.666. The Balaban J connectivity index is 2.24. The van der Waals surface area contributed by atoms with E-state index in [-0.39, 0.29) is 25.0 Å². The molecule has 3 N–H and O–H groups in total. The summed E-state index contributed by atoms with van der Waals surface area (Å²) in [5.74, 6) is 0.310. The molecular formula is C13H25N3O3. The summed E-state index contributed by atoms with van der Waals surface area (Å²) in [6, 6.07) is -0.436. The van der Waals surface area contributed by atoms with Crippen molar-refractivity contribution in [3.05, 3.63) is 0 Å². The second-order valence-electron chi connectivity index (χ2n) is 5.58. The number of hydrogen-bond donors (Lipinski definition) is 3. The summed E-state index contributed by atoms with van der Waals surface area (Å²) in [6.07, 6.45) is 1.99. The zero-order chi connectivity index (χ0) is 14.3. The van der Waals surface area contributed by atoms with Crippen LogP contribution in [0.3, 0.4) is 0 Å². The van der Waals surface area contributed by atoms with Gasteiger partial charge in [-0.05, 0) is 31.2 Å². The van der Waals surface area contributed by atoms with E-state index in [1.54, 1.807) is 0 Å². The molecule has 0 aromatic rings. The lowest BCUT2D eigenvalue weighted by Gasteiger charge is -2.31. The van der Waals surface area contributed by atoms with Crippen LogP contribution in [-0.2, 0) is 4.79 Å². The summed E-state index contributed by atoms with van der Waals surface area (Å²) in [6.45, 7) is 6.47. The van der Waals surface area contributed by atoms with Crippen molar-refractivity contribution in [2.75, 3.05) is 32.8 Å². The highest BCUT2D eigenvalue weighted by Crippen LogP contribution is 2.14. The smallest absolute Gasteiger partial charge is 0.321 e. The number of likely N-dealkylation sites (tertiary alicyclic amines) is 1. The van der Waals surface area contributed by atoms with Gasteiger partial charge in [0.15, 0.2) is 0 Å². The minimum Gasteiger partial charge on any atom is -0.396 e. The van der Waals surface area contributed by atoms with Crippen LogP contribution in [0.25, 0.3) is 0 Å². The number of aliphatic hydroxyl groups excluding tert-OH is 1. The summed E-state index contributed by atoms with van der Waals surface area (Å²) in [5.41, 5.74) is 0. The molecule has 0 bridgehead atoms. The molecule has 110 valence electrons. The second kappa shape index (κ2) is 8.12. The molecule has 1 saturated heterocycles. The van der Waals surface area contributed by atoms with Gasteiger partial charge in [0, 0.05) is 19.7 Å². The van der Waals surface area contributed by atoms with Gasteiger partial charge in [0.2, 0.25) is 5.91 Å². The fourth-order valence-electron chi connectivity index (χ4n) is 2.15. The first kappa shape index (κ1) is 15.9. The minimum absolute atomic E-state index is 0.160. The van der Waals surface area contributed by atoms with Crippen LogP contribution >= 0.6 is 0 Å². The maximum atomic E-state index is 11.7. The molecule has 1 atom stereocenters. The number of hydrogen-bond acceptors (Lipinski definition) is 4. The lowest BCUT2D eigenvalue weighted by Crippen LogP contribution is -2.47. The molecule has 0 radical (unpaired) electrons. The summed E-state index contributed by atoms with van der Waals surface area (Å²) < 4.78 is 0. The Bertz CT molecular complexity index is 308. The van der Waals surface area contributed by atoms with Crippen molar-refractivity contribution in [2.45, 2.75) is 26.7 Å². The van der Waals surface area contributed by atoms with Crippen molar-refractivity contribution >= 4 is 11.9 Å². The summed E-state index contributed by atoms with van der Waals surface area (Å²) in [5, 5.41) is 14.1. The first-order chi connectivity index (χ1) is 9.01. The summed E-state index contributed by atoms with van der Waals surface area (Å²) >= 11 is 0. The normalized spacial score (nSPS) is 20.3. The maximum Gasteiger partial charge on any atom is 0.321 e. The molecule has 0 aromatic carbocycles. The van der Waals surface area contributed by atoms with Gasteiger partial charge in [0.25, 0.3) is 0 Å². The third kappa shape index (κ3) is 6.54. The van der Waals surface area contributed by atoms with Crippen molar-refractivity contribution in [3.8, 4) is 0 Å². The molecule has 6 heteroatoms. The number of carbonyl (C=O) groups excluding carboxylic acids is 2. The molecule has 0 aliphatic carbocycles. The molecule has 0 spiro atoms. The van der Waals surface area contributed by atoms with Crippen LogP contribution in [0.15, 0.2) is 0 Å². The highest BCUT2D eigenvalue weighted by molar-refractivity contribution is 5.95. The van der Waals surface area contributed by atoms with Crippen LogP contribution in [0.4, 0.5) is 4.79 Å². The fraction of sp³-hybridized carbons (Fsp3) is 0.846. The molecule has 1 heterocycles. The van der Waals surface area contributed by atoms with E-state index in [0.717, 1.165) is 25.9 Å². The van der Waals surface area contributed by atoms with Gasteiger partial charge in [-0.25, -0.2) is 4.79 Å². The molecule has 3 amide bonds. The molecule has 19 heavy (non-hydrogen) atoms. The first-order valence-corrected chi connectivity index (χ1v) is 6.92. The Morgan fingerprint density at radius 2 is 2.16 bits per heavy atom. The zero-order valence-corrected chi connectivity index (χ0v) is 11.8. The zero-order valence-electron chi connectivity index (χ0n) is 11.8. The lowest BCUT2D eigenvalue weighted by atomic mass is 9.99. The van der Waals surface area contributed by atoms with Crippen LogP contribution in [0.1, 0.15) is 26.7 Å². The van der Waals surface area contributed by atoms with Gasteiger partial charge in [-0.2, -0.15) is 0 Å². The van der Waals surface area contributed by atoms with Crippen molar-refractivity contribution in [3.63, 3.8) is 0 Å². The van der Waals surface area contributed by atoms with Gasteiger partial charge in [-0.3, -0.25) is 15.0 Å². The van der Waals surface area contributed by atoms with Crippen molar-refractivity contribution in [2.24, 2.45) is 11.8 Å². The predicted octanol–water partition coefficient (Wildman–Crippen LogP) is 0.173. The third-order valence-electron chi connectivity index (χ3n) is 3.15. The van der Waals surface area contributed by atoms with Crippen LogP contribution in [0, 0.1) is 11.8 Å². The average molecular weight is 271 g/mol. The van der Waals surface area contributed by atoms with Crippen LogP contribution < -0.4 is 10.6 Å². The Labute approximate surface area is 114 Å². The highest BCUT2D eigenvalue weighted by Gasteiger charge is 2.21. The van der Waals surface area contributed by atoms with Gasteiger partial charge >= 0.3 is 6.03 Å². The van der Waals surface area contributed by atoms with E-state index in [1.165, 1.54) is 0 Å². The summed E-state index contributed by atoms with van der Waals surface area (Å²) in [4.78, 5) is 25.1. The molecular weight excluding hydrogens is 246 g/mol. The third-order valence-corrected chi connectivity index (χ3v) is 3.15. The molecule has 1 aliphatic heterocycles. The van der Waals surface area contributed by atoms with Crippen LogP contribution in [0.5, 0.6) is 0 Å². The topological polar surface area (TPSA) is 81.7 Å². The number of piperidine rings is 1. The highest BCUT2D eigenvalue weighted by atomic mass is 16.3. The monoisotopic (exact) mass is 271 g/mol. The molecule has 0 aromatic heterocycles. The number of carbonyl (C=O) groups is 2. The maximum absolute atomic E-state index is 11.7. The number of imide groups is 1. The Kier molecular flexibility index (Phi) is 6.80. The Morgan fingerprint density at radius 3 is 2.79 bits per heavy atom. The number of aliphatic hydroxyl groups is 1. The fourth-order valence-corrected chi connectivity index (χ4v) is 2.15. The van der Waals surface area contributed by atoms with Crippen molar-refractivity contribution < 1.29 is 14.7 Å². The van der Waals surface area contributed by atoms with E-state index in [9.17, 15) is 9.59 Å². The van der Waals surface area contributed by atoms with E-state index in [4.69, 9.17) is 5.11 Å². The van der Waals surface area contributed by atoms with E-state index >= 15 is 0 Å². The Morgan fingerprint density at radius 1 is 1.42 bits per heavy atom. The van der Waals surface area contributed by atoms with Gasteiger partial charge in [0.05, 0.1) is 6.54 Å². The molecule has 6 nitrogen and oxygen atoms in total. The summed E-state index contributed by atoms with van der Waals surface area (Å²) in [7, 11) is 0.